The van der Waals surface area contributed by atoms with E-state index in [1.807, 2.05) is 26.8 Å². The van der Waals surface area contributed by atoms with Crippen molar-refractivity contribution >= 4 is 52.1 Å². The van der Waals surface area contributed by atoms with Crippen molar-refractivity contribution in [2.24, 2.45) is 11.7 Å². The van der Waals surface area contributed by atoms with Crippen LogP contribution < -0.4 is 42.8 Å². The Morgan fingerprint density at radius 3 is 2.22 bits per heavy atom. The lowest BCUT2D eigenvalue weighted by Crippen LogP contribution is -2.58. The summed E-state index contributed by atoms with van der Waals surface area (Å²) in [6.45, 7) is 10.2. The Balaban J connectivity index is 1.59. The van der Waals surface area contributed by atoms with Gasteiger partial charge in [0, 0.05) is 78.8 Å². The summed E-state index contributed by atoms with van der Waals surface area (Å²) in [6.07, 6.45) is 6.19. The first-order valence-electron chi connectivity index (χ1n) is 22.2. The van der Waals surface area contributed by atoms with E-state index in [0.717, 1.165) is 24.9 Å². The van der Waals surface area contributed by atoms with Crippen LogP contribution in [0.1, 0.15) is 78.6 Å². The first-order chi connectivity index (χ1) is 30.3. The van der Waals surface area contributed by atoms with Gasteiger partial charge in [0.1, 0.15) is 24.7 Å². The maximum atomic E-state index is 14.0. The molecule has 0 radical (unpaired) electrons. The van der Waals surface area contributed by atoms with Gasteiger partial charge < -0.3 is 56.3 Å². The van der Waals surface area contributed by atoms with Crippen LogP contribution in [0.15, 0.2) is 29.3 Å². The molecular weight excluding hydrogens is 815 g/mol. The molecule has 1 fully saturated rings. The summed E-state index contributed by atoms with van der Waals surface area (Å²) in [4.78, 5) is 88.0. The molecule has 63 heavy (non-hydrogen) atoms. The molecule has 1 aliphatic rings. The molecule has 0 aliphatic carbocycles. The molecule has 0 spiro atoms. The number of ether oxygens (including phenoxy) is 3. The minimum Gasteiger partial charge on any atom is -0.382 e. The van der Waals surface area contributed by atoms with Crippen molar-refractivity contribution < 1.29 is 38.2 Å². The number of nitrogens with zero attached hydrogens (tertiary/aromatic N) is 4. The molecule has 352 valence electrons. The smallest absolute Gasteiger partial charge is 0.261 e. The fourth-order valence-electron chi connectivity index (χ4n) is 7.05. The van der Waals surface area contributed by atoms with Crippen LogP contribution in [0.2, 0.25) is 0 Å². The Hall–Kier alpha value is -5.34. The standard InChI is InChI=1S/C43H71N11O9/c1-6-8-12-35(50-40(58)38(30(3)7-2)51-36(55)14-10-22-62-23-11-24-63-26-25-61-5)42(60)53-20-18-52(19-21-53)31-15-16-33-32(27-31)41(59)54(29-48-33)28-37(56)49-34(39(57)46-4)13-9-17-47-43(44)45/h15-16,27,29-30,34-35,38H,6-14,17-26,28H2,1-5H3,(H,46,57)(H,49,56)(H,50,58)(H,51,55)(H4,44,45,47)/t30-,34-,35-,38-/m0/s1. The number of carbonyl (C=O) groups is 5. The number of nitrogens with one attached hydrogen (secondary N) is 6. The van der Waals surface area contributed by atoms with Crippen LogP contribution in [0.5, 0.6) is 0 Å². The Kier molecular flexibility index (Phi) is 23.4. The summed E-state index contributed by atoms with van der Waals surface area (Å²) in [5.74, 6) is -2.09. The van der Waals surface area contributed by atoms with Crippen LogP contribution in [0.3, 0.4) is 0 Å². The number of guanidine groups is 1. The van der Waals surface area contributed by atoms with Gasteiger partial charge in [-0.3, -0.25) is 38.7 Å². The Labute approximate surface area is 370 Å². The molecule has 20 heteroatoms. The van der Waals surface area contributed by atoms with Crippen molar-refractivity contribution in [1.29, 1.82) is 5.41 Å². The van der Waals surface area contributed by atoms with E-state index >= 15 is 0 Å². The zero-order valence-electron chi connectivity index (χ0n) is 37.8. The van der Waals surface area contributed by atoms with Gasteiger partial charge in [-0.2, -0.15) is 0 Å². The largest absolute Gasteiger partial charge is 0.382 e. The monoisotopic (exact) mass is 886 g/mol. The number of amides is 5. The third-order valence-corrected chi connectivity index (χ3v) is 10.9. The Morgan fingerprint density at radius 2 is 1.56 bits per heavy atom. The lowest BCUT2D eigenvalue weighted by atomic mass is 9.97. The topological polar surface area (TPSA) is 264 Å². The van der Waals surface area contributed by atoms with E-state index in [1.165, 1.54) is 17.9 Å². The molecule has 2 aromatic rings. The molecule has 3 rings (SSSR count). The molecule has 1 aromatic heterocycles. The predicted molar refractivity (Wildman–Crippen MR) is 240 cm³/mol. The second-order valence-electron chi connectivity index (χ2n) is 15.7. The first kappa shape index (κ1) is 52.0. The molecule has 2 heterocycles. The number of rotatable bonds is 29. The van der Waals surface area contributed by atoms with E-state index in [0.29, 0.717) is 102 Å². The molecule has 0 unspecified atom stereocenters. The van der Waals surface area contributed by atoms with Crippen molar-refractivity contribution in [2.75, 3.05) is 84.8 Å². The van der Waals surface area contributed by atoms with E-state index in [4.69, 9.17) is 25.4 Å². The molecule has 5 amide bonds. The normalized spacial score (nSPS) is 14.6. The molecular formula is C43H71N11O9. The zero-order chi connectivity index (χ0) is 46.1. The number of nitrogens with two attached hydrogens (primary N) is 1. The van der Waals surface area contributed by atoms with Crippen LogP contribution >= 0.6 is 0 Å². The van der Waals surface area contributed by atoms with Gasteiger partial charge in [-0.25, -0.2) is 4.98 Å². The minimum atomic E-state index is -0.847. The van der Waals surface area contributed by atoms with Gasteiger partial charge in [-0.05, 0) is 56.2 Å². The van der Waals surface area contributed by atoms with Gasteiger partial charge in [0.05, 0.1) is 30.4 Å². The van der Waals surface area contributed by atoms with E-state index in [1.54, 1.807) is 24.1 Å². The second-order valence-corrected chi connectivity index (χ2v) is 15.7. The molecule has 0 bridgehead atoms. The molecule has 0 saturated carbocycles. The number of likely N-dealkylation sites (N-methyl/N-ethyl adjacent to an activating group) is 1. The van der Waals surface area contributed by atoms with Crippen LogP contribution in [0, 0.1) is 11.3 Å². The fourth-order valence-corrected chi connectivity index (χ4v) is 7.05. The van der Waals surface area contributed by atoms with Crippen LogP contribution in [-0.2, 0) is 44.7 Å². The first-order valence-corrected chi connectivity index (χ1v) is 22.2. The molecule has 4 atom stereocenters. The van der Waals surface area contributed by atoms with E-state index in [9.17, 15) is 28.8 Å². The summed E-state index contributed by atoms with van der Waals surface area (Å²) in [5.41, 5.74) is 6.11. The van der Waals surface area contributed by atoms with Crippen molar-refractivity contribution in [3.63, 3.8) is 0 Å². The number of piperazine rings is 1. The maximum absolute atomic E-state index is 14.0. The quantitative estimate of drug-likeness (QED) is 0.0336. The average molecular weight is 886 g/mol. The molecule has 1 aliphatic heterocycles. The van der Waals surface area contributed by atoms with Crippen molar-refractivity contribution in [3.05, 3.63) is 34.9 Å². The second kappa shape index (κ2) is 28.4. The summed E-state index contributed by atoms with van der Waals surface area (Å²) >= 11 is 0. The highest BCUT2D eigenvalue weighted by Gasteiger charge is 2.33. The van der Waals surface area contributed by atoms with E-state index in [-0.39, 0.29) is 54.9 Å². The fraction of sp³-hybridized carbons (Fsp3) is 0.674. The molecule has 1 saturated heterocycles. The molecule has 20 nitrogen and oxygen atoms in total. The lowest BCUT2D eigenvalue weighted by Gasteiger charge is -2.38. The number of hydrogen-bond acceptors (Lipinski definition) is 12. The third-order valence-electron chi connectivity index (χ3n) is 10.9. The number of aromatic nitrogens is 2. The number of unbranched alkanes of at least 4 members (excludes halogenated alkanes) is 1. The minimum absolute atomic E-state index is 0.161. The van der Waals surface area contributed by atoms with Crippen molar-refractivity contribution in [3.8, 4) is 0 Å². The summed E-state index contributed by atoms with van der Waals surface area (Å²) in [6, 6.07) is 2.94. The summed E-state index contributed by atoms with van der Waals surface area (Å²) < 4.78 is 17.2. The van der Waals surface area contributed by atoms with Gasteiger partial charge in [-0.15, -0.1) is 0 Å². The van der Waals surface area contributed by atoms with Crippen LogP contribution in [0.4, 0.5) is 5.69 Å². The highest BCUT2D eigenvalue weighted by Crippen LogP contribution is 2.21. The maximum Gasteiger partial charge on any atom is 0.261 e. The number of hydrogen-bond donors (Lipinski definition) is 7. The van der Waals surface area contributed by atoms with E-state index < -0.39 is 29.6 Å². The number of benzene rings is 1. The Morgan fingerprint density at radius 1 is 0.857 bits per heavy atom. The van der Waals surface area contributed by atoms with Gasteiger partial charge in [0.15, 0.2) is 5.96 Å². The predicted octanol–water partition coefficient (Wildman–Crippen LogP) is 0.595. The van der Waals surface area contributed by atoms with Gasteiger partial charge in [-0.1, -0.05) is 40.0 Å². The number of anilines is 1. The number of carbonyl (C=O) groups excluding carboxylic acids is 5. The number of methoxy groups -OCH3 is 1. The average Bonchev–Trinajstić information content (AvgIpc) is 3.28. The van der Waals surface area contributed by atoms with Gasteiger partial charge in [0.2, 0.25) is 29.5 Å². The highest BCUT2D eigenvalue weighted by molar-refractivity contribution is 5.92. The number of fused-ring (bicyclic) bond motifs is 1. The molecule has 1 aromatic carbocycles. The van der Waals surface area contributed by atoms with Gasteiger partial charge >= 0.3 is 0 Å². The Bertz CT molecular complexity index is 1840. The van der Waals surface area contributed by atoms with Gasteiger partial charge in [0.25, 0.3) is 5.56 Å². The lowest BCUT2D eigenvalue weighted by molar-refractivity contribution is -0.138. The summed E-state index contributed by atoms with van der Waals surface area (Å²) in [5, 5.41) is 21.4. The van der Waals surface area contributed by atoms with Crippen LogP contribution in [0.25, 0.3) is 10.9 Å². The highest BCUT2D eigenvalue weighted by atomic mass is 16.5. The van der Waals surface area contributed by atoms with Crippen molar-refractivity contribution in [1.82, 2.24) is 41.0 Å². The zero-order valence-corrected chi connectivity index (χ0v) is 37.8. The van der Waals surface area contributed by atoms with E-state index in [2.05, 4.69) is 36.5 Å². The molecule has 8 N–H and O–H groups in total. The summed E-state index contributed by atoms with van der Waals surface area (Å²) in [7, 11) is 3.09. The SMILES string of the molecule is CCCC[C@H](NC(=O)[C@@H](NC(=O)CCCOCCCOCCOC)[C@@H](C)CC)C(=O)N1CCN(c2ccc3ncn(CC(=O)N[C@@H](CCCNC(=N)N)C(=O)NC)c(=O)c3c2)CC1. The third kappa shape index (κ3) is 17.7. The van der Waals surface area contributed by atoms with Crippen molar-refractivity contribution in [2.45, 2.75) is 103 Å². The van der Waals surface area contributed by atoms with Crippen LogP contribution in [-0.4, -0.2) is 148 Å².